The number of aliphatic hydroxyl groups excluding tert-OH is 1. The largest absolute Gasteiger partial charge is 0.491 e. The molecule has 1 spiro atoms. The van der Waals surface area contributed by atoms with Crippen molar-refractivity contribution in [1.82, 2.24) is 4.90 Å². The van der Waals surface area contributed by atoms with Crippen LogP contribution in [-0.2, 0) is 9.59 Å². The number of aryl methyl sites for hydroxylation is 1. The molecule has 3 rings (SSSR count). The van der Waals surface area contributed by atoms with Crippen LogP contribution >= 0.6 is 11.6 Å². The molecule has 1 heterocycles. The Morgan fingerprint density at radius 2 is 1.93 bits per heavy atom. The number of likely N-dealkylation sites (tertiary alicyclic amines) is 1. The fourth-order valence-electron chi connectivity index (χ4n) is 4.18. The average molecular weight is 394 g/mol. The molecule has 2 fully saturated rings. The van der Waals surface area contributed by atoms with E-state index >= 15 is 0 Å². The molecule has 1 aliphatic heterocycles. The molecule has 27 heavy (non-hydrogen) atoms. The lowest BCUT2D eigenvalue weighted by atomic mass is 9.84. The number of hydrogen-bond donors (Lipinski definition) is 1. The number of carbonyl (C=O) groups is 2. The van der Waals surface area contributed by atoms with Crippen LogP contribution < -0.4 is 4.74 Å². The number of nitrogens with zero attached hydrogens (tertiary/aromatic N) is 1. The fraction of sp³-hybridized carbons (Fsp3) is 0.619. The Morgan fingerprint density at radius 3 is 2.56 bits per heavy atom. The first-order chi connectivity index (χ1) is 12.7. The predicted molar refractivity (Wildman–Crippen MR) is 104 cm³/mol. The Morgan fingerprint density at radius 1 is 1.26 bits per heavy atom. The van der Waals surface area contributed by atoms with Gasteiger partial charge in [-0.05, 0) is 48.9 Å². The monoisotopic (exact) mass is 393 g/mol. The second-order valence-corrected chi connectivity index (χ2v) is 8.64. The van der Waals surface area contributed by atoms with Crippen molar-refractivity contribution < 1.29 is 19.4 Å². The third kappa shape index (κ3) is 3.99. The molecule has 6 heteroatoms. The Kier molecular flexibility index (Phi) is 5.82. The van der Waals surface area contributed by atoms with E-state index < -0.39 is 11.5 Å². The summed E-state index contributed by atoms with van der Waals surface area (Å²) in [7, 11) is 0. The van der Waals surface area contributed by atoms with Gasteiger partial charge in [0.05, 0.1) is 12.0 Å². The first kappa shape index (κ1) is 20.2. The van der Waals surface area contributed by atoms with Gasteiger partial charge in [-0.25, -0.2) is 0 Å². The highest BCUT2D eigenvalue weighted by Gasteiger charge is 2.52. The van der Waals surface area contributed by atoms with Crippen molar-refractivity contribution in [2.24, 2.45) is 5.41 Å². The van der Waals surface area contributed by atoms with E-state index in [-0.39, 0.29) is 37.3 Å². The summed E-state index contributed by atoms with van der Waals surface area (Å²) in [6.45, 7) is 6.01. The molecule has 1 unspecified atom stereocenters. The van der Waals surface area contributed by atoms with Gasteiger partial charge in [-0.1, -0.05) is 38.3 Å². The number of benzene rings is 1. The molecular formula is C21H28ClNO4. The fourth-order valence-corrected chi connectivity index (χ4v) is 4.36. The van der Waals surface area contributed by atoms with Gasteiger partial charge in [-0.2, -0.15) is 0 Å². The van der Waals surface area contributed by atoms with Gasteiger partial charge in [0.1, 0.15) is 18.5 Å². The summed E-state index contributed by atoms with van der Waals surface area (Å²) in [6.07, 6.45) is 2.90. The van der Waals surface area contributed by atoms with Crippen LogP contribution in [0.3, 0.4) is 0 Å². The lowest BCUT2D eigenvalue weighted by Gasteiger charge is -2.23. The predicted octanol–water partition coefficient (Wildman–Crippen LogP) is 3.83. The minimum Gasteiger partial charge on any atom is -0.491 e. The van der Waals surface area contributed by atoms with Crippen LogP contribution in [0.2, 0.25) is 5.02 Å². The van der Waals surface area contributed by atoms with Crippen molar-refractivity contribution in [3.63, 3.8) is 0 Å². The lowest BCUT2D eigenvalue weighted by molar-refractivity contribution is -0.143. The van der Waals surface area contributed by atoms with E-state index in [0.29, 0.717) is 10.8 Å². The van der Waals surface area contributed by atoms with E-state index in [9.17, 15) is 14.7 Å². The Balaban J connectivity index is 1.64. The number of imide groups is 1. The zero-order valence-electron chi connectivity index (χ0n) is 16.3. The standard InChI is InChI=1S/C21H28ClNO4/c1-13(2)16-9-17(22)14(3)8-18(16)27-12-15(24)11-23-19(25)10-21(20(23)26)6-4-5-7-21/h8-9,13,15,24H,4-7,10-12H2,1-3H3. The zero-order valence-corrected chi connectivity index (χ0v) is 17.0. The van der Waals surface area contributed by atoms with Gasteiger partial charge >= 0.3 is 0 Å². The second kappa shape index (κ2) is 7.80. The summed E-state index contributed by atoms with van der Waals surface area (Å²) in [5, 5.41) is 11.1. The summed E-state index contributed by atoms with van der Waals surface area (Å²) < 4.78 is 5.84. The maximum absolute atomic E-state index is 12.7. The topological polar surface area (TPSA) is 66.8 Å². The highest BCUT2D eigenvalue weighted by molar-refractivity contribution is 6.31. The highest BCUT2D eigenvalue weighted by Crippen LogP contribution is 2.46. The van der Waals surface area contributed by atoms with Gasteiger partial charge in [0, 0.05) is 11.4 Å². The molecule has 1 saturated heterocycles. The van der Waals surface area contributed by atoms with Crippen molar-refractivity contribution in [2.45, 2.75) is 64.9 Å². The van der Waals surface area contributed by atoms with Gasteiger partial charge in [0.2, 0.25) is 11.8 Å². The summed E-state index contributed by atoms with van der Waals surface area (Å²) in [5.41, 5.74) is 1.37. The normalized spacial score (nSPS) is 20.1. The molecule has 1 aromatic carbocycles. The molecular weight excluding hydrogens is 366 g/mol. The van der Waals surface area contributed by atoms with Crippen LogP contribution in [0, 0.1) is 12.3 Å². The first-order valence-corrected chi connectivity index (χ1v) is 10.1. The van der Waals surface area contributed by atoms with Crippen LogP contribution in [0.15, 0.2) is 12.1 Å². The van der Waals surface area contributed by atoms with Crippen molar-refractivity contribution in [2.75, 3.05) is 13.2 Å². The van der Waals surface area contributed by atoms with Gasteiger partial charge in [-0.15, -0.1) is 0 Å². The molecule has 2 amide bonds. The number of hydrogen-bond acceptors (Lipinski definition) is 4. The lowest BCUT2D eigenvalue weighted by Crippen LogP contribution is -2.41. The third-order valence-corrected chi connectivity index (χ3v) is 6.19. The van der Waals surface area contributed by atoms with Gasteiger partial charge in [0.15, 0.2) is 0 Å². The summed E-state index contributed by atoms with van der Waals surface area (Å²) in [6, 6.07) is 3.75. The molecule has 0 aromatic heterocycles. The van der Waals surface area contributed by atoms with Gasteiger partial charge < -0.3 is 9.84 Å². The number of carbonyl (C=O) groups excluding carboxylic acids is 2. The number of halogens is 1. The van der Waals surface area contributed by atoms with Gasteiger partial charge in [-0.3, -0.25) is 14.5 Å². The number of ether oxygens (including phenoxy) is 1. The van der Waals surface area contributed by atoms with Gasteiger partial charge in [0.25, 0.3) is 0 Å². The van der Waals surface area contributed by atoms with Crippen LogP contribution in [0.5, 0.6) is 5.75 Å². The molecule has 5 nitrogen and oxygen atoms in total. The molecule has 1 N–H and O–H groups in total. The second-order valence-electron chi connectivity index (χ2n) is 8.23. The average Bonchev–Trinajstić information content (AvgIpc) is 3.16. The van der Waals surface area contributed by atoms with Crippen molar-refractivity contribution in [3.8, 4) is 5.75 Å². The van der Waals surface area contributed by atoms with E-state index in [1.54, 1.807) is 0 Å². The maximum atomic E-state index is 12.7. The van der Waals surface area contributed by atoms with Crippen LogP contribution in [0.4, 0.5) is 0 Å². The minimum atomic E-state index is -0.926. The van der Waals surface area contributed by atoms with E-state index in [1.165, 1.54) is 4.90 Å². The van der Waals surface area contributed by atoms with E-state index in [4.69, 9.17) is 16.3 Å². The van der Waals surface area contributed by atoms with Crippen molar-refractivity contribution in [1.29, 1.82) is 0 Å². The quantitative estimate of drug-likeness (QED) is 0.746. The van der Waals surface area contributed by atoms with Crippen LogP contribution in [0.25, 0.3) is 0 Å². The Bertz CT molecular complexity index is 740. The molecule has 0 radical (unpaired) electrons. The molecule has 1 aromatic rings. The zero-order chi connectivity index (χ0) is 19.8. The number of β-amino-alcohol motifs (C(OH)–C–C–N with tert-alkyl or cyclic N) is 1. The SMILES string of the molecule is Cc1cc(OCC(O)CN2C(=O)CC3(CCCC3)C2=O)c(C(C)C)cc1Cl. The molecule has 0 bridgehead atoms. The number of amides is 2. The number of rotatable bonds is 6. The van der Waals surface area contributed by atoms with E-state index in [2.05, 4.69) is 0 Å². The Hall–Kier alpha value is -1.59. The molecule has 1 saturated carbocycles. The molecule has 148 valence electrons. The maximum Gasteiger partial charge on any atom is 0.235 e. The first-order valence-electron chi connectivity index (χ1n) is 9.69. The van der Waals surface area contributed by atoms with E-state index in [1.807, 2.05) is 32.9 Å². The Labute approximate surface area is 165 Å². The summed E-state index contributed by atoms with van der Waals surface area (Å²) in [4.78, 5) is 26.3. The van der Waals surface area contributed by atoms with Crippen LogP contribution in [-0.4, -0.2) is 41.1 Å². The van der Waals surface area contributed by atoms with Crippen molar-refractivity contribution in [3.05, 3.63) is 28.3 Å². The van der Waals surface area contributed by atoms with E-state index in [0.717, 1.165) is 36.8 Å². The smallest absolute Gasteiger partial charge is 0.235 e. The number of aliphatic hydroxyl groups is 1. The molecule has 1 atom stereocenters. The minimum absolute atomic E-state index is 0.0109. The molecule has 1 aliphatic carbocycles. The summed E-state index contributed by atoms with van der Waals surface area (Å²) >= 11 is 6.21. The summed E-state index contributed by atoms with van der Waals surface area (Å²) in [5.74, 6) is 0.608. The van der Waals surface area contributed by atoms with Crippen molar-refractivity contribution >= 4 is 23.4 Å². The third-order valence-electron chi connectivity index (χ3n) is 5.79. The van der Waals surface area contributed by atoms with Crippen LogP contribution in [0.1, 0.15) is 63.0 Å². The highest BCUT2D eigenvalue weighted by atomic mass is 35.5. The molecule has 2 aliphatic rings.